The van der Waals surface area contributed by atoms with E-state index < -0.39 is 5.60 Å². The fourth-order valence-electron chi connectivity index (χ4n) is 2.28. The molecule has 3 heteroatoms. The average Bonchev–Trinajstić information content (AvgIpc) is 2.40. The van der Waals surface area contributed by atoms with E-state index in [4.69, 9.17) is 5.73 Å². The molecule has 0 heterocycles. The van der Waals surface area contributed by atoms with E-state index >= 15 is 0 Å². The SMILES string of the molecule is C[C@H](N)C(O)(Cc1ccccc1)Cc1ccccc1.Cl. The van der Waals surface area contributed by atoms with Gasteiger partial charge in [0.25, 0.3) is 0 Å². The summed E-state index contributed by atoms with van der Waals surface area (Å²) in [6.07, 6.45) is 1.14. The van der Waals surface area contributed by atoms with Gasteiger partial charge in [-0.2, -0.15) is 0 Å². The number of halogens is 1. The first-order chi connectivity index (χ1) is 9.10. The first-order valence-corrected chi connectivity index (χ1v) is 6.66. The molecule has 0 aliphatic carbocycles. The first kappa shape index (κ1) is 16.7. The van der Waals surface area contributed by atoms with Crippen molar-refractivity contribution >= 4 is 12.4 Å². The van der Waals surface area contributed by atoms with Crippen LogP contribution < -0.4 is 5.73 Å². The lowest BCUT2D eigenvalue weighted by Crippen LogP contribution is -2.49. The van der Waals surface area contributed by atoms with Crippen molar-refractivity contribution in [3.05, 3.63) is 71.8 Å². The number of hydrogen-bond donors (Lipinski definition) is 2. The van der Waals surface area contributed by atoms with Crippen molar-refractivity contribution in [2.45, 2.75) is 31.4 Å². The van der Waals surface area contributed by atoms with Gasteiger partial charge in [-0.05, 0) is 18.1 Å². The lowest BCUT2D eigenvalue weighted by Gasteiger charge is -2.32. The minimum absolute atomic E-state index is 0. The Morgan fingerprint density at radius 2 is 1.25 bits per heavy atom. The lowest BCUT2D eigenvalue weighted by atomic mass is 9.83. The summed E-state index contributed by atoms with van der Waals surface area (Å²) in [5, 5.41) is 10.9. The van der Waals surface area contributed by atoms with Crippen LogP contribution in [0.1, 0.15) is 18.1 Å². The second kappa shape index (κ2) is 7.44. The fraction of sp³-hybridized carbons (Fsp3) is 0.294. The van der Waals surface area contributed by atoms with Crippen LogP contribution in [0.2, 0.25) is 0 Å². The molecule has 0 spiro atoms. The highest BCUT2D eigenvalue weighted by Gasteiger charge is 2.31. The van der Waals surface area contributed by atoms with Crippen molar-refractivity contribution in [1.29, 1.82) is 0 Å². The van der Waals surface area contributed by atoms with E-state index in [0.717, 1.165) is 11.1 Å². The Balaban J connectivity index is 0.00000200. The van der Waals surface area contributed by atoms with Gasteiger partial charge >= 0.3 is 0 Å². The standard InChI is InChI=1S/C17H21NO.ClH/c1-14(18)17(19,12-15-8-4-2-5-9-15)13-16-10-6-3-7-11-16;/h2-11,14,19H,12-13,18H2,1H3;1H/t14-;/m0./s1. The largest absolute Gasteiger partial charge is 0.388 e. The highest BCUT2D eigenvalue weighted by molar-refractivity contribution is 5.85. The number of rotatable bonds is 5. The molecule has 1 atom stereocenters. The number of benzene rings is 2. The highest BCUT2D eigenvalue weighted by atomic mass is 35.5. The molecular formula is C17H22ClNO. The van der Waals surface area contributed by atoms with Gasteiger partial charge in [0.05, 0.1) is 5.60 Å². The maximum Gasteiger partial charge on any atom is 0.0875 e. The minimum atomic E-state index is -0.914. The van der Waals surface area contributed by atoms with E-state index in [0.29, 0.717) is 12.8 Å². The van der Waals surface area contributed by atoms with E-state index in [1.54, 1.807) is 0 Å². The van der Waals surface area contributed by atoms with E-state index in [2.05, 4.69) is 0 Å². The van der Waals surface area contributed by atoms with Gasteiger partial charge < -0.3 is 10.8 Å². The Morgan fingerprint density at radius 3 is 1.55 bits per heavy atom. The van der Waals surface area contributed by atoms with Crippen LogP contribution in [0.5, 0.6) is 0 Å². The Labute approximate surface area is 127 Å². The zero-order valence-electron chi connectivity index (χ0n) is 11.7. The van der Waals surface area contributed by atoms with Crippen molar-refractivity contribution < 1.29 is 5.11 Å². The Kier molecular flexibility index (Phi) is 6.21. The van der Waals surface area contributed by atoms with Crippen LogP contribution in [-0.2, 0) is 12.8 Å². The fourth-order valence-corrected chi connectivity index (χ4v) is 2.28. The summed E-state index contributed by atoms with van der Waals surface area (Å²) in [4.78, 5) is 0. The molecule has 0 saturated carbocycles. The molecule has 0 saturated heterocycles. The smallest absolute Gasteiger partial charge is 0.0875 e. The summed E-state index contributed by atoms with van der Waals surface area (Å²) in [5.41, 5.74) is 7.32. The predicted molar refractivity (Wildman–Crippen MR) is 86.1 cm³/mol. The van der Waals surface area contributed by atoms with Gasteiger partial charge in [-0.15, -0.1) is 12.4 Å². The number of aliphatic hydroxyl groups is 1. The molecular weight excluding hydrogens is 270 g/mol. The predicted octanol–water partition coefficient (Wildman–Crippen LogP) is 2.97. The lowest BCUT2D eigenvalue weighted by molar-refractivity contribution is 0.0199. The summed E-state index contributed by atoms with van der Waals surface area (Å²) in [5.74, 6) is 0. The van der Waals surface area contributed by atoms with Crippen molar-refractivity contribution in [3.63, 3.8) is 0 Å². The zero-order chi connectivity index (χ0) is 13.7. The van der Waals surface area contributed by atoms with Gasteiger partial charge in [-0.1, -0.05) is 60.7 Å². The van der Waals surface area contributed by atoms with Crippen LogP contribution in [0, 0.1) is 0 Å². The van der Waals surface area contributed by atoms with Gasteiger partial charge in [-0.25, -0.2) is 0 Å². The average molecular weight is 292 g/mol. The molecule has 108 valence electrons. The molecule has 0 radical (unpaired) electrons. The molecule has 2 rings (SSSR count). The zero-order valence-corrected chi connectivity index (χ0v) is 12.5. The van der Waals surface area contributed by atoms with E-state index in [1.165, 1.54) is 0 Å². The monoisotopic (exact) mass is 291 g/mol. The van der Waals surface area contributed by atoms with Gasteiger partial charge in [0.15, 0.2) is 0 Å². The second-order valence-electron chi connectivity index (χ2n) is 5.22. The van der Waals surface area contributed by atoms with Gasteiger partial charge in [-0.3, -0.25) is 0 Å². The topological polar surface area (TPSA) is 46.2 Å². The summed E-state index contributed by atoms with van der Waals surface area (Å²) in [6, 6.07) is 19.7. The highest BCUT2D eigenvalue weighted by Crippen LogP contribution is 2.22. The van der Waals surface area contributed by atoms with Crippen LogP contribution in [0.15, 0.2) is 60.7 Å². The molecule has 20 heavy (non-hydrogen) atoms. The molecule has 0 amide bonds. The third-order valence-corrected chi connectivity index (χ3v) is 3.55. The quantitative estimate of drug-likeness (QED) is 0.890. The third kappa shape index (κ3) is 4.34. The van der Waals surface area contributed by atoms with Crippen molar-refractivity contribution in [3.8, 4) is 0 Å². The molecule has 0 unspecified atom stereocenters. The summed E-state index contributed by atoms with van der Waals surface area (Å²) >= 11 is 0. The van der Waals surface area contributed by atoms with Crippen LogP contribution in [0.3, 0.4) is 0 Å². The van der Waals surface area contributed by atoms with Crippen molar-refractivity contribution in [2.24, 2.45) is 5.73 Å². The Bertz CT molecular complexity index is 457. The van der Waals surface area contributed by atoms with Crippen molar-refractivity contribution in [1.82, 2.24) is 0 Å². The van der Waals surface area contributed by atoms with Crippen LogP contribution in [-0.4, -0.2) is 16.7 Å². The third-order valence-electron chi connectivity index (χ3n) is 3.55. The molecule has 0 aliphatic rings. The maximum atomic E-state index is 10.9. The molecule has 3 N–H and O–H groups in total. The Morgan fingerprint density at radius 1 is 0.900 bits per heavy atom. The molecule has 0 fully saturated rings. The molecule has 2 aromatic rings. The Hall–Kier alpha value is -1.35. The molecule has 0 aliphatic heterocycles. The number of nitrogens with two attached hydrogens (primary N) is 1. The van der Waals surface area contributed by atoms with E-state index in [9.17, 15) is 5.11 Å². The van der Waals surface area contributed by atoms with E-state index in [-0.39, 0.29) is 18.4 Å². The molecule has 0 aromatic heterocycles. The maximum absolute atomic E-state index is 10.9. The second-order valence-corrected chi connectivity index (χ2v) is 5.22. The summed E-state index contributed by atoms with van der Waals surface area (Å²) < 4.78 is 0. The molecule has 2 aromatic carbocycles. The van der Waals surface area contributed by atoms with Gasteiger partial charge in [0.1, 0.15) is 0 Å². The summed E-state index contributed by atoms with van der Waals surface area (Å²) in [7, 11) is 0. The minimum Gasteiger partial charge on any atom is -0.388 e. The summed E-state index contributed by atoms with van der Waals surface area (Å²) in [6.45, 7) is 1.87. The molecule has 2 nitrogen and oxygen atoms in total. The molecule has 0 bridgehead atoms. The number of hydrogen-bond acceptors (Lipinski definition) is 2. The van der Waals surface area contributed by atoms with Crippen LogP contribution >= 0.6 is 12.4 Å². The van der Waals surface area contributed by atoms with E-state index in [1.807, 2.05) is 67.6 Å². The van der Waals surface area contributed by atoms with Gasteiger partial charge in [0, 0.05) is 18.9 Å². The normalized spacial score (nSPS) is 12.6. The van der Waals surface area contributed by atoms with Gasteiger partial charge in [0.2, 0.25) is 0 Å². The van der Waals surface area contributed by atoms with Crippen LogP contribution in [0.25, 0.3) is 0 Å². The van der Waals surface area contributed by atoms with Crippen molar-refractivity contribution in [2.75, 3.05) is 0 Å². The van der Waals surface area contributed by atoms with Crippen LogP contribution in [0.4, 0.5) is 0 Å². The first-order valence-electron chi connectivity index (χ1n) is 6.66.